The van der Waals surface area contributed by atoms with Crippen LogP contribution in [0.4, 0.5) is 0 Å². The Morgan fingerprint density at radius 3 is 2.32 bits per heavy atom. The number of benzene rings is 3. The molecule has 0 saturated heterocycles. The lowest BCUT2D eigenvalue weighted by atomic mass is 10.1. The molecule has 9 heteroatoms. The quantitative estimate of drug-likeness (QED) is 0.362. The van der Waals surface area contributed by atoms with Crippen LogP contribution in [0.25, 0.3) is 27.6 Å². The van der Waals surface area contributed by atoms with Crippen molar-refractivity contribution in [1.29, 1.82) is 0 Å². The third kappa shape index (κ3) is 3.55. The number of H-pyrrole nitrogens is 1. The van der Waals surface area contributed by atoms with Gasteiger partial charge in [-0.3, -0.25) is 25.2 Å². The molecule has 0 fully saturated rings. The first-order valence-corrected chi connectivity index (χ1v) is 10.4. The molecular formula is C25H18N4O5. The lowest BCUT2D eigenvalue weighted by Gasteiger charge is -2.09. The summed E-state index contributed by atoms with van der Waals surface area (Å²) in [5.74, 6) is -1.15. The lowest BCUT2D eigenvalue weighted by Crippen LogP contribution is -2.41. The predicted molar refractivity (Wildman–Crippen MR) is 126 cm³/mol. The Bertz CT molecular complexity index is 1700. The molecule has 0 aliphatic rings. The van der Waals surface area contributed by atoms with E-state index in [0.717, 1.165) is 9.95 Å². The number of rotatable bonds is 3. The Morgan fingerprint density at radius 1 is 0.853 bits per heavy atom. The zero-order valence-electron chi connectivity index (χ0n) is 17.9. The number of amides is 2. The summed E-state index contributed by atoms with van der Waals surface area (Å²) in [6.45, 7) is 1.75. The highest BCUT2D eigenvalue weighted by Crippen LogP contribution is 2.24. The molecule has 0 aliphatic carbocycles. The standard InChI is InChI=1S/C25H18N4O5/c1-14-17-9-5-6-10-20(17)34-21(14)23(31)28-27-22(30)15-11-12-18-19(13-15)26-25(33)29(24(18)32)16-7-3-2-4-8-16/h2-13H,1H3,(H,26,33)(H,27,30)(H,28,31). The molecule has 0 aliphatic heterocycles. The van der Waals surface area contributed by atoms with Crippen molar-refractivity contribution in [2.24, 2.45) is 0 Å². The van der Waals surface area contributed by atoms with Crippen molar-refractivity contribution >= 4 is 33.7 Å². The van der Waals surface area contributed by atoms with Gasteiger partial charge in [-0.25, -0.2) is 9.36 Å². The van der Waals surface area contributed by atoms with Crippen molar-refractivity contribution in [3.8, 4) is 5.69 Å². The van der Waals surface area contributed by atoms with Crippen LogP contribution in [0.5, 0.6) is 0 Å². The van der Waals surface area contributed by atoms with Gasteiger partial charge in [0.1, 0.15) is 5.58 Å². The van der Waals surface area contributed by atoms with E-state index >= 15 is 0 Å². The maximum atomic E-state index is 12.9. The maximum Gasteiger partial charge on any atom is 0.333 e. The summed E-state index contributed by atoms with van der Waals surface area (Å²) >= 11 is 0. The molecule has 0 unspecified atom stereocenters. The van der Waals surface area contributed by atoms with E-state index in [1.54, 1.807) is 49.4 Å². The number of furan rings is 1. The number of nitrogens with zero attached hydrogens (tertiary/aromatic N) is 1. The molecule has 2 aromatic heterocycles. The fourth-order valence-electron chi connectivity index (χ4n) is 3.80. The van der Waals surface area contributed by atoms with Crippen molar-refractivity contribution in [1.82, 2.24) is 20.4 Å². The SMILES string of the molecule is Cc1c(C(=O)NNC(=O)c2ccc3c(=O)n(-c4ccccc4)c(=O)[nH]c3c2)oc2ccccc12. The lowest BCUT2D eigenvalue weighted by molar-refractivity contribution is 0.0831. The first-order valence-electron chi connectivity index (χ1n) is 10.4. The Labute approximate surface area is 191 Å². The predicted octanol–water partition coefficient (Wildman–Crippen LogP) is 2.81. The number of para-hydroxylation sites is 2. The molecule has 2 heterocycles. The van der Waals surface area contributed by atoms with Crippen LogP contribution in [0.2, 0.25) is 0 Å². The van der Waals surface area contributed by atoms with Gasteiger partial charge in [-0.15, -0.1) is 0 Å². The van der Waals surface area contributed by atoms with Gasteiger partial charge < -0.3 is 9.40 Å². The topological polar surface area (TPSA) is 126 Å². The number of aryl methyl sites for hydroxylation is 1. The van der Waals surface area contributed by atoms with Crippen molar-refractivity contribution < 1.29 is 14.0 Å². The Hall–Kier alpha value is -4.92. The Kier molecular flexibility index (Phi) is 5.06. The number of carbonyl (C=O) groups excluding carboxylic acids is 2. The minimum absolute atomic E-state index is 0.0887. The van der Waals surface area contributed by atoms with Gasteiger partial charge in [-0.2, -0.15) is 0 Å². The molecule has 3 aromatic carbocycles. The summed E-state index contributed by atoms with van der Waals surface area (Å²) in [5, 5.41) is 1.04. The second-order valence-corrected chi connectivity index (χ2v) is 7.63. The van der Waals surface area contributed by atoms with Gasteiger partial charge in [0.05, 0.1) is 16.6 Å². The monoisotopic (exact) mass is 454 g/mol. The Morgan fingerprint density at radius 2 is 1.56 bits per heavy atom. The number of hydrogen-bond donors (Lipinski definition) is 3. The third-order valence-electron chi connectivity index (χ3n) is 5.51. The minimum atomic E-state index is -0.630. The van der Waals surface area contributed by atoms with E-state index in [4.69, 9.17) is 4.42 Å². The molecule has 9 nitrogen and oxygen atoms in total. The van der Waals surface area contributed by atoms with E-state index in [-0.39, 0.29) is 22.2 Å². The van der Waals surface area contributed by atoms with Crippen LogP contribution < -0.4 is 22.1 Å². The number of aromatic nitrogens is 2. The van der Waals surface area contributed by atoms with E-state index in [9.17, 15) is 19.2 Å². The highest BCUT2D eigenvalue weighted by atomic mass is 16.3. The van der Waals surface area contributed by atoms with Crippen LogP contribution in [0, 0.1) is 6.92 Å². The summed E-state index contributed by atoms with van der Waals surface area (Å²) < 4.78 is 6.62. The number of hydrogen-bond acceptors (Lipinski definition) is 5. The van der Waals surface area contributed by atoms with Crippen LogP contribution in [-0.4, -0.2) is 21.4 Å². The van der Waals surface area contributed by atoms with Crippen molar-refractivity contribution in [2.45, 2.75) is 6.92 Å². The number of fused-ring (bicyclic) bond motifs is 2. The molecule has 2 amide bonds. The van der Waals surface area contributed by atoms with Gasteiger partial charge in [0.2, 0.25) is 0 Å². The van der Waals surface area contributed by atoms with Crippen molar-refractivity contribution in [3.05, 3.63) is 111 Å². The summed E-state index contributed by atoms with van der Waals surface area (Å²) in [6.07, 6.45) is 0. The molecule has 34 heavy (non-hydrogen) atoms. The number of carbonyl (C=O) groups is 2. The fourth-order valence-corrected chi connectivity index (χ4v) is 3.80. The minimum Gasteiger partial charge on any atom is -0.451 e. The molecule has 0 bridgehead atoms. The van der Waals surface area contributed by atoms with Crippen LogP contribution in [-0.2, 0) is 0 Å². The summed E-state index contributed by atoms with van der Waals surface area (Å²) in [7, 11) is 0. The highest BCUT2D eigenvalue weighted by Gasteiger charge is 2.18. The number of aromatic amines is 1. The second-order valence-electron chi connectivity index (χ2n) is 7.63. The normalized spacial score (nSPS) is 11.0. The summed E-state index contributed by atoms with van der Waals surface area (Å²) in [4.78, 5) is 53.2. The third-order valence-corrected chi connectivity index (χ3v) is 5.51. The van der Waals surface area contributed by atoms with Gasteiger partial charge in [0.25, 0.3) is 11.5 Å². The van der Waals surface area contributed by atoms with Gasteiger partial charge in [-0.1, -0.05) is 36.4 Å². The maximum absolute atomic E-state index is 12.9. The summed E-state index contributed by atoms with van der Waals surface area (Å²) in [5.41, 5.74) is 5.51. The average Bonchev–Trinajstić information content (AvgIpc) is 3.19. The average molecular weight is 454 g/mol. The Balaban J connectivity index is 1.39. The first kappa shape index (κ1) is 21.0. The van der Waals surface area contributed by atoms with Crippen LogP contribution in [0.1, 0.15) is 26.5 Å². The molecule has 0 spiro atoms. The molecule has 5 rings (SSSR count). The number of nitrogens with one attached hydrogen (secondary N) is 3. The number of hydrazine groups is 1. The molecule has 168 valence electrons. The molecule has 0 radical (unpaired) electrons. The van der Waals surface area contributed by atoms with E-state index in [1.165, 1.54) is 18.2 Å². The zero-order chi connectivity index (χ0) is 23.8. The van der Waals surface area contributed by atoms with E-state index in [1.807, 2.05) is 12.1 Å². The molecule has 0 saturated carbocycles. The van der Waals surface area contributed by atoms with Gasteiger partial charge in [0, 0.05) is 16.5 Å². The highest BCUT2D eigenvalue weighted by molar-refractivity contribution is 6.02. The van der Waals surface area contributed by atoms with Crippen molar-refractivity contribution in [3.63, 3.8) is 0 Å². The van der Waals surface area contributed by atoms with Gasteiger partial charge in [-0.05, 0) is 43.3 Å². The van der Waals surface area contributed by atoms with E-state index < -0.39 is 23.1 Å². The molecule has 5 aromatic rings. The molecular weight excluding hydrogens is 436 g/mol. The van der Waals surface area contributed by atoms with Gasteiger partial charge >= 0.3 is 11.6 Å². The van der Waals surface area contributed by atoms with Gasteiger partial charge in [0.15, 0.2) is 5.76 Å². The fraction of sp³-hybridized carbons (Fsp3) is 0.0400. The van der Waals surface area contributed by atoms with Crippen molar-refractivity contribution in [2.75, 3.05) is 0 Å². The van der Waals surface area contributed by atoms with Crippen LogP contribution in [0.15, 0.2) is 86.8 Å². The van der Waals surface area contributed by atoms with Crippen LogP contribution in [0.3, 0.4) is 0 Å². The van der Waals surface area contributed by atoms with Crippen LogP contribution >= 0.6 is 0 Å². The largest absolute Gasteiger partial charge is 0.451 e. The molecule has 0 atom stereocenters. The second kappa shape index (κ2) is 8.21. The zero-order valence-corrected chi connectivity index (χ0v) is 17.9. The van der Waals surface area contributed by atoms with E-state index in [0.29, 0.717) is 16.8 Å². The molecule has 3 N–H and O–H groups in total. The summed E-state index contributed by atoms with van der Waals surface area (Å²) in [6, 6.07) is 20.0. The van der Waals surface area contributed by atoms with E-state index in [2.05, 4.69) is 15.8 Å². The smallest absolute Gasteiger partial charge is 0.333 e. The first-order chi connectivity index (χ1) is 16.4.